The molecule has 4 nitrogen and oxygen atoms in total. The highest BCUT2D eigenvalue weighted by atomic mass is 32.2. The second-order valence-electron chi connectivity index (χ2n) is 3.02. The number of thiocarbonyl (C=S) groups is 1. The molecule has 0 saturated carbocycles. The van der Waals surface area contributed by atoms with E-state index in [-0.39, 0.29) is 5.75 Å². The predicted molar refractivity (Wildman–Crippen MR) is 62.7 cm³/mol. The van der Waals surface area contributed by atoms with Crippen molar-refractivity contribution in [3.8, 4) is 0 Å². The fourth-order valence-electron chi connectivity index (χ4n) is 1.12. The van der Waals surface area contributed by atoms with E-state index in [0.29, 0.717) is 30.9 Å². The van der Waals surface area contributed by atoms with E-state index in [1.807, 2.05) is 13.8 Å². The summed E-state index contributed by atoms with van der Waals surface area (Å²) >= 11 is 4.71. The third-order valence-corrected chi connectivity index (χ3v) is 4.17. The Bertz CT molecular complexity index is 275. The summed E-state index contributed by atoms with van der Waals surface area (Å²) in [5.41, 5.74) is 5.32. The summed E-state index contributed by atoms with van der Waals surface area (Å²) in [6.07, 6.45) is 1.08. The number of nitrogens with two attached hydrogens (primary N) is 1. The minimum absolute atomic E-state index is 0.193. The molecule has 0 aliphatic heterocycles. The molecule has 2 N–H and O–H groups in total. The average Bonchev–Trinajstić information content (AvgIpc) is 2.03. The Morgan fingerprint density at radius 3 is 2.36 bits per heavy atom. The molecule has 0 rings (SSSR count). The van der Waals surface area contributed by atoms with Gasteiger partial charge in [-0.25, -0.2) is 12.7 Å². The van der Waals surface area contributed by atoms with Crippen LogP contribution in [0.25, 0.3) is 0 Å². The van der Waals surface area contributed by atoms with Crippen LogP contribution in [0.4, 0.5) is 0 Å². The molecule has 0 radical (unpaired) electrons. The Morgan fingerprint density at radius 1 is 1.43 bits per heavy atom. The molecule has 0 aromatic carbocycles. The van der Waals surface area contributed by atoms with Crippen LogP contribution < -0.4 is 5.73 Å². The van der Waals surface area contributed by atoms with Gasteiger partial charge in [0.15, 0.2) is 0 Å². The van der Waals surface area contributed by atoms with Gasteiger partial charge >= 0.3 is 0 Å². The van der Waals surface area contributed by atoms with Gasteiger partial charge in [-0.2, -0.15) is 0 Å². The van der Waals surface area contributed by atoms with Crippen molar-refractivity contribution in [3.63, 3.8) is 0 Å². The molecule has 0 bridgehead atoms. The minimum atomic E-state index is -3.10. The molecule has 0 aromatic heterocycles. The number of hydrogen-bond acceptors (Lipinski definition) is 3. The predicted octanol–water partition coefficient (Wildman–Crippen LogP) is 0.724. The van der Waals surface area contributed by atoms with Gasteiger partial charge < -0.3 is 5.73 Å². The highest BCUT2D eigenvalue weighted by molar-refractivity contribution is 7.89. The van der Waals surface area contributed by atoms with Gasteiger partial charge in [0.1, 0.15) is 0 Å². The summed E-state index contributed by atoms with van der Waals surface area (Å²) in [6.45, 7) is 4.53. The Kier molecular flexibility index (Phi) is 6.22. The zero-order chi connectivity index (χ0) is 11.2. The topological polar surface area (TPSA) is 63.4 Å². The third-order valence-electron chi connectivity index (χ3n) is 1.82. The highest BCUT2D eigenvalue weighted by Gasteiger charge is 2.18. The molecule has 0 saturated heterocycles. The van der Waals surface area contributed by atoms with Gasteiger partial charge in [0.25, 0.3) is 0 Å². The molecule has 6 heteroatoms. The van der Waals surface area contributed by atoms with E-state index in [0.717, 1.165) is 0 Å². The van der Waals surface area contributed by atoms with Gasteiger partial charge in [-0.3, -0.25) is 0 Å². The van der Waals surface area contributed by atoms with Crippen LogP contribution in [0.15, 0.2) is 0 Å². The fourth-order valence-corrected chi connectivity index (χ4v) is 2.74. The maximum Gasteiger partial charge on any atom is 0.214 e. The monoisotopic (exact) mass is 238 g/mol. The van der Waals surface area contributed by atoms with Crippen LogP contribution in [0.1, 0.15) is 26.7 Å². The molecule has 0 aliphatic rings. The van der Waals surface area contributed by atoms with Crippen LogP contribution in [0.3, 0.4) is 0 Å². The summed E-state index contributed by atoms with van der Waals surface area (Å²) in [5.74, 6) is 0.193. The van der Waals surface area contributed by atoms with E-state index in [4.69, 9.17) is 18.0 Å². The Hall–Kier alpha value is -0.200. The van der Waals surface area contributed by atoms with E-state index >= 15 is 0 Å². The summed E-state index contributed by atoms with van der Waals surface area (Å²) in [6, 6.07) is 0. The Balaban J connectivity index is 4.32. The van der Waals surface area contributed by atoms with Crippen molar-refractivity contribution in [2.24, 2.45) is 5.73 Å². The lowest BCUT2D eigenvalue weighted by Gasteiger charge is -2.19. The molecule has 0 aliphatic carbocycles. The van der Waals surface area contributed by atoms with Gasteiger partial charge in [-0.05, 0) is 6.42 Å². The van der Waals surface area contributed by atoms with E-state index < -0.39 is 10.0 Å². The maximum absolute atomic E-state index is 11.6. The van der Waals surface area contributed by atoms with Gasteiger partial charge in [0, 0.05) is 19.5 Å². The normalized spacial score (nSPS) is 11.9. The molecular weight excluding hydrogens is 220 g/mol. The fraction of sp³-hybridized carbons (Fsp3) is 0.875. The largest absolute Gasteiger partial charge is 0.393 e. The van der Waals surface area contributed by atoms with E-state index in [9.17, 15) is 8.42 Å². The number of rotatable bonds is 7. The van der Waals surface area contributed by atoms with Gasteiger partial charge in [0.2, 0.25) is 10.0 Å². The van der Waals surface area contributed by atoms with Crippen molar-refractivity contribution in [1.29, 1.82) is 0 Å². The first-order chi connectivity index (χ1) is 6.44. The van der Waals surface area contributed by atoms with E-state index in [2.05, 4.69) is 0 Å². The molecule has 0 spiro atoms. The van der Waals surface area contributed by atoms with Crippen molar-refractivity contribution < 1.29 is 8.42 Å². The zero-order valence-electron chi connectivity index (χ0n) is 8.69. The molecular formula is C8H18N2O2S2. The SMILES string of the molecule is CCCS(=O)(=O)N(CC)CCC(N)=S. The number of nitrogens with zero attached hydrogens (tertiary/aromatic N) is 1. The molecule has 14 heavy (non-hydrogen) atoms. The van der Waals surface area contributed by atoms with E-state index in [1.54, 1.807) is 0 Å². The lowest BCUT2D eigenvalue weighted by Crippen LogP contribution is -2.35. The first kappa shape index (κ1) is 13.8. The first-order valence-corrected chi connectivity index (χ1v) is 6.72. The smallest absolute Gasteiger partial charge is 0.214 e. The van der Waals surface area contributed by atoms with Crippen LogP contribution in [0.2, 0.25) is 0 Å². The summed E-state index contributed by atoms with van der Waals surface area (Å²) < 4.78 is 24.7. The number of sulfonamides is 1. The summed E-state index contributed by atoms with van der Waals surface area (Å²) in [7, 11) is -3.10. The van der Waals surface area contributed by atoms with Crippen LogP contribution in [0.5, 0.6) is 0 Å². The molecule has 84 valence electrons. The van der Waals surface area contributed by atoms with Crippen molar-refractivity contribution in [2.75, 3.05) is 18.8 Å². The summed E-state index contributed by atoms with van der Waals surface area (Å²) in [5, 5.41) is 0. The van der Waals surface area contributed by atoms with Crippen molar-refractivity contribution >= 4 is 27.2 Å². The molecule has 0 unspecified atom stereocenters. The zero-order valence-corrected chi connectivity index (χ0v) is 10.3. The minimum Gasteiger partial charge on any atom is -0.393 e. The van der Waals surface area contributed by atoms with Crippen LogP contribution in [-0.4, -0.2) is 36.6 Å². The van der Waals surface area contributed by atoms with E-state index in [1.165, 1.54) is 4.31 Å². The average molecular weight is 238 g/mol. The molecule has 0 amide bonds. The maximum atomic E-state index is 11.6. The van der Waals surface area contributed by atoms with Gasteiger partial charge in [-0.1, -0.05) is 26.1 Å². The standard InChI is InChI=1S/C8H18N2O2S2/c1-3-7-14(11,12)10(4-2)6-5-8(9)13/h3-7H2,1-2H3,(H2,9,13). The van der Waals surface area contributed by atoms with Gasteiger partial charge in [-0.15, -0.1) is 0 Å². The Labute approximate surface area is 91.5 Å². The Morgan fingerprint density at radius 2 is 2.00 bits per heavy atom. The molecule has 0 atom stereocenters. The number of hydrogen-bond donors (Lipinski definition) is 1. The van der Waals surface area contributed by atoms with Crippen LogP contribution in [0, 0.1) is 0 Å². The second-order valence-corrected chi connectivity index (χ2v) is 5.64. The summed E-state index contributed by atoms with van der Waals surface area (Å²) in [4.78, 5) is 0.357. The van der Waals surface area contributed by atoms with Crippen LogP contribution in [-0.2, 0) is 10.0 Å². The molecule has 0 aromatic rings. The van der Waals surface area contributed by atoms with Crippen molar-refractivity contribution in [2.45, 2.75) is 26.7 Å². The van der Waals surface area contributed by atoms with Crippen LogP contribution >= 0.6 is 12.2 Å². The molecule has 0 heterocycles. The molecule has 0 fully saturated rings. The second kappa shape index (κ2) is 6.31. The third kappa shape index (κ3) is 4.88. The highest BCUT2D eigenvalue weighted by Crippen LogP contribution is 2.04. The van der Waals surface area contributed by atoms with Crippen molar-refractivity contribution in [1.82, 2.24) is 4.31 Å². The van der Waals surface area contributed by atoms with Crippen molar-refractivity contribution in [3.05, 3.63) is 0 Å². The lowest BCUT2D eigenvalue weighted by molar-refractivity contribution is 0.437. The lowest BCUT2D eigenvalue weighted by atomic mass is 10.4. The van der Waals surface area contributed by atoms with Gasteiger partial charge in [0.05, 0.1) is 10.7 Å². The first-order valence-electron chi connectivity index (χ1n) is 4.70. The quantitative estimate of drug-likeness (QED) is 0.664.